The van der Waals surface area contributed by atoms with Crippen molar-refractivity contribution in [1.29, 1.82) is 0 Å². The molecule has 4 N–H and O–H groups in total. The number of benzene rings is 1. The van der Waals surface area contributed by atoms with Gasteiger partial charge in [0.25, 0.3) is 0 Å². The van der Waals surface area contributed by atoms with E-state index in [9.17, 15) is 13.6 Å². The molecule has 0 heterocycles. The van der Waals surface area contributed by atoms with Gasteiger partial charge in [0.15, 0.2) is 5.11 Å². The Balaban J connectivity index is 2.72. The number of nitrogens with one attached hydrogen (secondary N) is 1. The molecular formula is C9H13N3O3S2. The molecule has 17 heavy (non-hydrogen) atoms. The first-order valence-electron chi connectivity index (χ1n) is 4.60. The van der Waals surface area contributed by atoms with Gasteiger partial charge in [0.2, 0.25) is 10.0 Å². The number of rotatable bonds is 4. The molecule has 0 aliphatic heterocycles. The normalized spacial score (nSPS) is 10.9. The predicted molar refractivity (Wildman–Crippen MR) is 69.0 cm³/mol. The van der Waals surface area contributed by atoms with E-state index in [2.05, 4.69) is 16.9 Å². The minimum atomic E-state index is -3.28. The fourth-order valence-corrected chi connectivity index (χ4v) is 1.77. The van der Waals surface area contributed by atoms with Gasteiger partial charge in [-0.2, -0.15) is 0 Å². The Morgan fingerprint density at radius 1 is 1.47 bits per heavy atom. The Hall–Kier alpha value is -1.38. The molecule has 8 heteroatoms. The van der Waals surface area contributed by atoms with Gasteiger partial charge in [0.1, 0.15) is 0 Å². The predicted octanol–water partition coefficient (Wildman–Crippen LogP) is 0.493. The molecule has 0 bridgehead atoms. The van der Waals surface area contributed by atoms with Crippen molar-refractivity contribution in [3.63, 3.8) is 0 Å². The fourth-order valence-electron chi connectivity index (χ4n) is 1.14. The van der Waals surface area contributed by atoms with Crippen LogP contribution in [-0.2, 0) is 16.6 Å². The van der Waals surface area contributed by atoms with Crippen LogP contribution in [0.2, 0.25) is 0 Å². The summed E-state index contributed by atoms with van der Waals surface area (Å²) < 4.78 is 24.2. The quantitative estimate of drug-likeness (QED) is 0.547. The second-order valence-corrected chi connectivity index (χ2v) is 5.63. The Morgan fingerprint density at radius 2 is 2.00 bits per heavy atom. The van der Waals surface area contributed by atoms with Crippen LogP contribution in [0.1, 0.15) is 5.56 Å². The van der Waals surface area contributed by atoms with Crippen LogP contribution in [0.3, 0.4) is 0 Å². The van der Waals surface area contributed by atoms with Gasteiger partial charge in [-0.15, -0.1) is 0 Å². The van der Waals surface area contributed by atoms with Crippen LogP contribution >= 0.6 is 12.2 Å². The van der Waals surface area contributed by atoms with Gasteiger partial charge in [0, 0.05) is 5.69 Å². The van der Waals surface area contributed by atoms with Gasteiger partial charge in [-0.3, -0.25) is 9.93 Å². The summed E-state index contributed by atoms with van der Waals surface area (Å²) in [6, 6.07) is 6.50. The first kappa shape index (κ1) is 13.7. The van der Waals surface area contributed by atoms with Gasteiger partial charge >= 0.3 is 0 Å². The first-order chi connectivity index (χ1) is 7.78. The smallest absolute Gasteiger partial charge is 0.229 e. The molecular weight excluding hydrogens is 262 g/mol. The van der Waals surface area contributed by atoms with Crippen LogP contribution in [0.4, 0.5) is 5.69 Å². The zero-order valence-electron chi connectivity index (χ0n) is 9.12. The van der Waals surface area contributed by atoms with E-state index < -0.39 is 10.0 Å². The number of hydrogen-bond donors (Lipinski definition) is 3. The second-order valence-electron chi connectivity index (χ2n) is 3.47. The van der Waals surface area contributed by atoms with Crippen LogP contribution in [0.5, 0.6) is 0 Å². The molecule has 0 unspecified atom stereocenters. The molecule has 0 aliphatic carbocycles. The highest BCUT2D eigenvalue weighted by atomic mass is 32.2. The molecule has 0 aliphatic rings. The van der Waals surface area contributed by atoms with Crippen LogP contribution < -0.4 is 10.5 Å². The zero-order valence-corrected chi connectivity index (χ0v) is 10.8. The van der Waals surface area contributed by atoms with E-state index in [-0.39, 0.29) is 11.7 Å². The average molecular weight is 275 g/mol. The highest BCUT2D eigenvalue weighted by molar-refractivity contribution is 7.92. The Morgan fingerprint density at radius 3 is 2.41 bits per heavy atom. The lowest BCUT2D eigenvalue weighted by atomic mass is 10.2. The maximum atomic E-state index is 11.0. The number of nitrogens with zero attached hydrogens (tertiary/aromatic N) is 1. The summed E-state index contributed by atoms with van der Waals surface area (Å²) in [6.45, 7) is 0.147. The summed E-state index contributed by atoms with van der Waals surface area (Å²) in [5.41, 5.74) is 6.42. The maximum absolute atomic E-state index is 11.0. The Kier molecular flexibility index (Phi) is 4.27. The van der Waals surface area contributed by atoms with E-state index in [1.807, 2.05) is 0 Å². The Labute approximate surface area is 105 Å². The minimum Gasteiger partial charge on any atom is -0.374 e. The van der Waals surface area contributed by atoms with Crippen LogP contribution in [0, 0.1) is 0 Å². The zero-order chi connectivity index (χ0) is 13.1. The van der Waals surface area contributed by atoms with Crippen molar-refractivity contribution >= 4 is 33.0 Å². The molecule has 1 aromatic rings. The SMILES string of the molecule is CS(=O)(=O)Nc1ccc(CN(O)C(N)=S)cc1. The summed E-state index contributed by atoms with van der Waals surface area (Å²) >= 11 is 4.58. The highest BCUT2D eigenvalue weighted by Crippen LogP contribution is 2.11. The van der Waals surface area contributed by atoms with E-state index in [1.165, 1.54) is 0 Å². The molecule has 0 spiro atoms. The summed E-state index contributed by atoms with van der Waals surface area (Å²) in [7, 11) is -3.28. The lowest BCUT2D eigenvalue weighted by Crippen LogP contribution is -2.31. The molecule has 0 saturated carbocycles. The van der Waals surface area contributed by atoms with E-state index in [4.69, 9.17) is 5.73 Å². The average Bonchev–Trinajstić information content (AvgIpc) is 2.18. The van der Waals surface area contributed by atoms with Crippen molar-refractivity contribution in [3.8, 4) is 0 Å². The van der Waals surface area contributed by atoms with Crippen molar-refractivity contribution in [3.05, 3.63) is 29.8 Å². The molecule has 94 valence electrons. The molecule has 1 aromatic carbocycles. The lowest BCUT2D eigenvalue weighted by molar-refractivity contribution is -0.0211. The van der Waals surface area contributed by atoms with E-state index >= 15 is 0 Å². The summed E-state index contributed by atoms with van der Waals surface area (Å²) in [5, 5.41) is 9.90. The largest absolute Gasteiger partial charge is 0.374 e. The van der Waals surface area contributed by atoms with Crippen LogP contribution in [0.25, 0.3) is 0 Å². The molecule has 0 saturated heterocycles. The van der Waals surface area contributed by atoms with E-state index in [0.29, 0.717) is 5.69 Å². The minimum absolute atomic E-state index is 0.122. The molecule has 1 rings (SSSR count). The van der Waals surface area contributed by atoms with Gasteiger partial charge < -0.3 is 5.73 Å². The number of hydrogen-bond acceptors (Lipinski definition) is 4. The second kappa shape index (κ2) is 5.30. The summed E-state index contributed by atoms with van der Waals surface area (Å²) in [6.07, 6.45) is 1.07. The third-order valence-corrected chi connectivity index (χ3v) is 2.66. The fraction of sp³-hybridized carbons (Fsp3) is 0.222. The molecule has 0 fully saturated rings. The molecule has 0 amide bonds. The van der Waals surface area contributed by atoms with Gasteiger partial charge in [-0.1, -0.05) is 12.1 Å². The van der Waals surface area contributed by atoms with Crippen LogP contribution in [-0.4, -0.2) is 30.1 Å². The summed E-state index contributed by atoms with van der Waals surface area (Å²) in [5.74, 6) is 0. The third kappa shape index (κ3) is 4.98. The van der Waals surface area contributed by atoms with Crippen molar-refractivity contribution in [2.75, 3.05) is 11.0 Å². The number of anilines is 1. The Bertz CT molecular complexity index is 499. The van der Waals surface area contributed by atoms with Gasteiger partial charge in [-0.25, -0.2) is 13.5 Å². The van der Waals surface area contributed by atoms with E-state index in [1.54, 1.807) is 24.3 Å². The number of sulfonamides is 1. The first-order valence-corrected chi connectivity index (χ1v) is 6.90. The number of thiocarbonyl (C=S) groups is 1. The van der Waals surface area contributed by atoms with E-state index in [0.717, 1.165) is 16.9 Å². The van der Waals surface area contributed by atoms with Crippen molar-refractivity contribution in [2.45, 2.75) is 6.54 Å². The van der Waals surface area contributed by atoms with Crippen LogP contribution in [0.15, 0.2) is 24.3 Å². The highest BCUT2D eigenvalue weighted by Gasteiger charge is 2.05. The van der Waals surface area contributed by atoms with Crippen molar-refractivity contribution < 1.29 is 13.6 Å². The molecule has 0 aromatic heterocycles. The van der Waals surface area contributed by atoms with Gasteiger partial charge in [0.05, 0.1) is 12.8 Å². The number of hydroxylamine groups is 2. The molecule has 6 nitrogen and oxygen atoms in total. The van der Waals surface area contributed by atoms with Gasteiger partial charge in [-0.05, 0) is 29.9 Å². The monoisotopic (exact) mass is 275 g/mol. The van der Waals surface area contributed by atoms with Crippen molar-refractivity contribution in [1.82, 2.24) is 5.06 Å². The topological polar surface area (TPSA) is 95.7 Å². The lowest BCUT2D eigenvalue weighted by Gasteiger charge is -2.14. The third-order valence-electron chi connectivity index (χ3n) is 1.84. The van der Waals surface area contributed by atoms with Crippen molar-refractivity contribution in [2.24, 2.45) is 5.73 Å². The molecule has 0 radical (unpaired) electrons. The maximum Gasteiger partial charge on any atom is 0.229 e. The molecule has 0 atom stereocenters. The standard InChI is InChI=1S/C9H13N3O3S2/c1-17(14,15)11-8-4-2-7(3-5-8)6-12(13)9(10)16/h2-5,11,13H,6H2,1H3,(H2,10,16). The summed E-state index contributed by atoms with van der Waals surface area (Å²) in [4.78, 5) is 0. The number of nitrogens with two attached hydrogens (primary N) is 1.